The van der Waals surface area contributed by atoms with Crippen LogP contribution in [0.15, 0.2) is 53.0 Å². The van der Waals surface area contributed by atoms with Crippen molar-refractivity contribution in [3.8, 4) is 17.2 Å². The maximum atomic E-state index is 13.0. The van der Waals surface area contributed by atoms with Gasteiger partial charge < -0.3 is 16.8 Å². The van der Waals surface area contributed by atoms with E-state index < -0.39 is 0 Å². The lowest BCUT2D eigenvalue weighted by molar-refractivity contribution is 0.103. The summed E-state index contributed by atoms with van der Waals surface area (Å²) in [7, 11) is 0. The van der Waals surface area contributed by atoms with E-state index in [0.717, 1.165) is 21.4 Å². The Morgan fingerprint density at radius 1 is 1.12 bits per heavy atom. The first-order chi connectivity index (χ1) is 15.3. The van der Waals surface area contributed by atoms with Crippen LogP contribution in [-0.4, -0.2) is 10.9 Å². The van der Waals surface area contributed by atoms with Crippen LogP contribution in [0.3, 0.4) is 0 Å². The number of nitrogens with one attached hydrogen (secondary N) is 1. The van der Waals surface area contributed by atoms with Crippen molar-refractivity contribution in [1.29, 1.82) is 5.26 Å². The van der Waals surface area contributed by atoms with E-state index in [0.29, 0.717) is 32.3 Å². The number of amides is 1. The molecule has 0 atom stereocenters. The molecule has 0 bridgehead atoms. The predicted octanol–water partition coefficient (Wildman–Crippen LogP) is 6.14. The molecule has 2 aromatic heterocycles. The number of thiophene rings is 1. The maximum Gasteiger partial charge on any atom is 0.267 e. The first-order valence-electron chi connectivity index (χ1n) is 9.89. The SMILES string of the molecule is CC(C)c1ccc(-c2c(C#N)c(N)nc3sc(C(=O)Nc4ccc(Br)cc4)c(N)c23)cc1. The molecule has 0 unspecified atom stereocenters. The zero-order valence-corrected chi connectivity index (χ0v) is 19.8. The molecule has 1 amide bonds. The van der Waals surface area contributed by atoms with Gasteiger partial charge in [-0.15, -0.1) is 11.3 Å². The lowest BCUT2D eigenvalue weighted by Crippen LogP contribution is -2.11. The minimum atomic E-state index is -0.342. The monoisotopic (exact) mass is 505 g/mol. The average Bonchev–Trinajstić information content (AvgIpc) is 3.10. The average molecular weight is 506 g/mol. The Morgan fingerprint density at radius 2 is 1.78 bits per heavy atom. The summed E-state index contributed by atoms with van der Waals surface area (Å²) in [6, 6.07) is 17.3. The number of carbonyl (C=O) groups excluding carboxylic acids is 1. The van der Waals surface area contributed by atoms with E-state index >= 15 is 0 Å². The van der Waals surface area contributed by atoms with Gasteiger partial charge in [-0.05, 0) is 41.3 Å². The Morgan fingerprint density at radius 3 is 2.38 bits per heavy atom. The number of anilines is 3. The lowest BCUT2D eigenvalue weighted by atomic mass is 9.94. The quantitative estimate of drug-likeness (QED) is 0.307. The zero-order chi connectivity index (χ0) is 23.0. The summed E-state index contributed by atoms with van der Waals surface area (Å²) >= 11 is 4.53. The van der Waals surface area contributed by atoms with Crippen molar-refractivity contribution < 1.29 is 4.79 Å². The van der Waals surface area contributed by atoms with Gasteiger partial charge in [-0.2, -0.15) is 5.26 Å². The Bertz CT molecular complexity index is 1370. The summed E-state index contributed by atoms with van der Waals surface area (Å²) in [5.41, 5.74) is 16.3. The number of aromatic nitrogens is 1. The first-order valence-corrected chi connectivity index (χ1v) is 11.5. The summed E-state index contributed by atoms with van der Waals surface area (Å²) in [6.45, 7) is 4.23. The van der Waals surface area contributed by atoms with Gasteiger partial charge in [0, 0.05) is 21.1 Å². The Balaban J connectivity index is 1.86. The van der Waals surface area contributed by atoms with Crippen LogP contribution in [0.1, 0.15) is 40.6 Å². The van der Waals surface area contributed by atoms with Gasteiger partial charge >= 0.3 is 0 Å². The van der Waals surface area contributed by atoms with Crippen molar-refractivity contribution in [3.63, 3.8) is 0 Å². The molecule has 32 heavy (non-hydrogen) atoms. The molecule has 160 valence electrons. The van der Waals surface area contributed by atoms with Gasteiger partial charge in [-0.1, -0.05) is 54.0 Å². The van der Waals surface area contributed by atoms with Gasteiger partial charge in [0.05, 0.1) is 5.69 Å². The van der Waals surface area contributed by atoms with Crippen LogP contribution in [-0.2, 0) is 0 Å². The largest absolute Gasteiger partial charge is 0.397 e. The molecule has 0 aliphatic carbocycles. The first kappa shape index (κ1) is 21.8. The molecular formula is C24H20BrN5OS. The van der Waals surface area contributed by atoms with Crippen LogP contribution >= 0.6 is 27.3 Å². The smallest absolute Gasteiger partial charge is 0.267 e. The van der Waals surface area contributed by atoms with E-state index in [1.165, 1.54) is 5.56 Å². The van der Waals surface area contributed by atoms with Crippen LogP contribution in [0.25, 0.3) is 21.3 Å². The van der Waals surface area contributed by atoms with Gasteiger partial charge in [-0.25, -0.2) is 4.98 Å². The van der Waals surface area contributed by atoms with Gasteiger partial charge in [0.25, 0.3) is 5.91 Å². The molecule has 0 aliphatic rings. The van der Waals surface area contributed by atoms with Crippen molar-refractivity contribution in [2.75, 3.05) is 16.8 Å². The van der Waals surface area contributed by atoms with Gasteiger partial charge in [0.15, 0.2) is 0 Å². The predicted molar refractivity (Wildman–Crippen MR) is 135 cm³/mol. The lowest BCUT2D eigenvalue weighted by Gasteiger charge is -2.11. The summed E-state index contributed by atoms with van der Waals surface area (Å²) in [5.74, 6) is 0.150. The summed E-state index contributed by atoms with van der Waals surface area (Å²) in [4.78, 5) is 18.2. The van der Waals surface area contributed by atoms with Crippen LogP contribution in [0.2, 0.25) is 0 Å². The summed E-state index contributed by atoms with van der Waals surface area (Å²) in [5, 5.41) is 13.2. The van der Waals surface area contributed by atoms with E-state index in [9.17, 15) is 10.1 Å². The molecule has 6 nitrogen and oxygen atoms in total. The van der Waals surface area contributed by atoms with E-state index in [4.69, 9.17) is 11.5 Å². The molecule has 5 N–H and O–H groups in total. The van der Waals surface area contributed by atoms with Gasteiger partial charge in [0.2, 0.25) is 0 Å². The fourth-order valence-corrected chi connectivity index (χ4v) is 4.77. The number of rotatable bonds is 4. The Kier molecular flexibility index (Phi) is 5.87. The highest BCUT2D eigenvalue weighted by Gasteiger charge is 2.24. The maximum absolute atomic E-state index is 13.0. The number of nitriles is 1. The second-order valence-corrected chi connectivity index (χ2v) is 9.54. The number of benzene rings is 2. The molecule has 2 heterocycles. The number of hydrogen-bond donors (Lipinski definition) is 3. The number of carbonyl (C=O) groups is 1. The third-order valence-electron chi connectivity index (χ3n) is 5.19. The van der Waals surface area contributed by atoms with Gasteiger partial charge in [0.1, 0.15) is 27.2 Å². The third kappa shape index (κ3) is 3.93. The summed E-state index contributed by atoms with van der Waals surface area (Å²) in [6.07, 6.45) is 0. The molecule has 0 saturated heterocycles. The van der Waals surface area contributed by atoms with Crippen molar-refractivity contribution in [1.82, 2.24) is 4.98 Å². The van der Waals surface area contributed by atoms with E-state index in [2.05, 4.69) is 46.1 Å². The molecule has 4 aromatic rings. The number of pyridine rings is 1. The molecule has 4 rings (SSSR count). The summed E-state index contributed by atoms with van der Waals surface area (Å²) < 4.78 is 0.911. The highest BCUT2D eigenvalue weighted by Crippen LogP contribution is 2.43. The fourth-order valence-electron chi connectivity index (χ4n) is 3.50. The molecular weight excluding hydrogens is 486 g/mol. The Labute approximate surface area is 198 Å². The molecule has 0 aliphatic heterocycles. The topological polar surface area (TPSA) is 118 Å². The van der Waals surface area contributed by atoms with Crippen molar-refractivity contribution in [3.05, 3.63) is 69.0 Å². The van der Waals surface area contributed by atoms with E-state index in [-0.39, 0.29) is 23.0 Å². The second-order valence-electron chi connectivity index (χ2n) is 7.62. The minimum Gasteiger partial charge on any atom is -0.397 e. The number of nitrogens with two attached hydrogens (primary N) is 2. The number of hydrogen-bond acceptors (Lipinski definition) is 6. The van der Waals surface area contributed by atoms with Crippen LogP contribution in [0, 0.1) is 11.3 Å². The molecule has 0 spiro atoms. The standard InChI is InChI=1S/C24H20BrN5OS/c1-12(2)13-3-5-14(6-4-13)18-17(11-26)22(28)30-24-19(18)20(27)21(32-24)23(31)29-16-9-7-15(25)8-10-16/h3-10,12H,27H2,1-2H3,(H2,28,30)(H,29,31). The number of halogens is 1. The second kappa shape index (κ2) is 8.61. The third-order valence-corrected chi connectivity index (χ3v) is 6.82. The van der Waals surface area contributed by atoms with Crippen LogP contribution in [0.4, 0.5) is 17.2 Å². The van der Waals surface area contributed by atoms with Crippen LogP contribution in [0.5, 0.6) is 0 Å². The molecule has 0 fully saturated rings. The fraction of sp³-hybridized carbons (Fsp3) is 0.125. The number of fused-ring (bicyclic) bond motifs is 1. The normalized spacial score (nSPS) is 11.0. The number of nitrogen functional groups attached to an aromatic ring is 2. The molecule has 0 radical (unpaired) electrons. The van der Waals surface area contributed by atoms with Gasteiger partial charge in [-0.3, -0.25) is 4.79 Å². The molecule has 2 aromatic carbocycles. The number of nitrogens with zero attached hydrogens (tertiary/aromatic N) is 2. The Hall–Kier alpha value is -3.41. The van der Waals surface area contributed by atoms with Crippen molar-refractivity contribution in [2.24, 2.45) is 0 Å². The highest BCUT2D eigenvalue weighted by atomic mass is 79.9. The zero-order valence-electron chi connectivity index (χ0n) is 17.4. The minimum absolute atomic E-state index is 0.115. The van der Waals surface area contributed by atoms with E-state index in [1.807, 2.05) is 36.4 Å². The molecule has 0 saturated carbocycles. The molecule has 8 heteroatoms. The van der Waals surface area contributed by atoms with E-state index in [1.54, 1.807) is 12.1 Å². The highest BCUT2D eigenvalue weighted by molar-refractivity contribution is 9.10. The van der Waals surface area contributed by atoms with Crippen molar-refractivity contribution in [2.45, 2.75) is 19.8 Å². The van der Waals surface area contributed by atoms with Crippen molar-refractivity contribution >= 4 is 60.6 Å². The van der Waals surface area contributed by atoms with Crippen LogP contribution < -0.4 is 16.8 Å².